The van der Waals surface area contributed by atoms with E-state index >= 15 is 0 Å². The third-order valence-electron chi connectivity index (χ3n) is 3.88. The van der Waals surface area contributed by atoms with E-state index in [-0.39, 0.29) is 0 Å². The number of fused-ring (bicyclic) bond motifs is 3. The predicted molar refractivity (Wildman–Crippen MR) is 84.9 cm³/mol. The van der Waals surface area contributed by atoms with Crippen LogP contribution in [0.25, 0.3) is 22.4 Å². The molecule has 2 N–H and O–H groups in total. The van der Waals surface area contributed by atoms with Gasteiger partial charge < -0.3 is 5.73 Å². The summed E-state index contributed by atoms with van der Waals surface area (Å²) < 4.78 is 0. The van der Waals surface area contributed by atoms with Gasteiger partial charge in [-0.25, -0.2) is 4.98 Å². The third kappa shape index (κ3) is 1.67. The molecular formula is C17H14N2S. The van der Waals surface area contributed by atoms with Gasteiger partial charge in [0.05, 0.1) is 5.69 Å². The number of anilines is 1. The van der Waals surface area contributed by atoms with Gasteiger partial charge in [-0.2, -0.15) is 0 Å². The Morgan fingerprint density at radius 2 is 1.95 bits per heavy atom. The molecule has 0 atom stereocenters. The van der Waals surface area contributed by atoms with Crippen molar-refractivity contribution in [3.63, 3.8) is 0 Å². The van der Waals surface area contributed by atoms with Crippen LogP contribution < -0.4 is 5.73 Å². The molecule has 0 radical (unpaired) electrons. The van der Waals surface area contributed by atoms with Gasteiger partial charge in [-0.15, -0.1) is 11.3 Å². The summed E-state index contributed by atoms with van der Waals surface area (Å²) in [5.41, 5.74) is 13.4. The van der Waals surface area contributed by atoms with Gasteiger partial charge in [-0.1, -0.05) is 42.5 Å². The van der Waals surface area contributed by atoms with E-state index in [1.54, 1.807) is 11.3 Å². The van der Waals surface area contributed by atoms with Gasteiger partial charge in [0.1, 0.15) is 0 Å². The smallest absolute Gasteiger partial charge is 0.180 e. The molecule has 0 unspecified atom stereocenters. The molecule has 0 saturated carbocycles. The molecule has 3 heteroatoms. The second-order valence-electron chi connectivity index (χ2n) is 5.19. The van der Waals surface area contributed by atoms with Crippen molar-refractivity contribution in [2.24, 2.45) is 0 Å². The zero-order valence-electron chi connectivity index (χ0n) is 11.2. The van der Waals surface area contributed by atoms with Gasteiger partial charge in [0.2, 0.25) is 0 Å². The summed E-state index contributed by atoms with van der Waals surface area (Å²) in [4.78, 5) is 5.74. The van der Waals surface area contributed by atoms with Crippen molar-refractivity contribution in [1.29, 1.82) is 0 Å². The zero-order chi connectivity index (χ0) is 13.7. The quantitative estimate of drug-likeness (QED) is 0.564. The largest absolute Gasteiger partial charge is 0.375 e. The number of rotatable bonds is 1. The molecule has 1 aromatic heterocycles. The van der Waals surface area contributed by atoms with Crippen LogP contribution >= 0.6 is 11.3 Å². The molecule has 2 nitrogen and oxygen atoms in total. The molecular weight excluding hydrogens is 264 g/mol. The minimum atomic E-state index is 0.670. The number of hydrogen-bond donors (Lipinski definition) is 1. The van der Waals surface area contributed by atoms with Crippen molar-refractivity contribution >= 4 is 16.5 Å². The van der Waals surface area contributed by atoms with Crippen LogP contribution in [0.2, 0.25) is 0 Å². The van der Waals surface area contributed by atoms with Crippen molar-refractivity contribution < 1.29 is 0 Å². The first-order valence-corrected chi connectivity index (χ1v) is 7.48. The van der Waals surface area contributed by atoms with Gasteiger partial charge in [-0.3, -0.25) is 0 Å². The van der Waals surface area contributed by atoms with Crippen molar-refractivity contribution in [2.75, 3.05) is 5.73 Å². The van der Waals surface area contributed by atoms with Crippen LogP contribution in [0.1, 0.15) is 16.0 Å². The lowest BCUT2D eigenvalue weighted by Gasteiger charge is -2.08. The van der Waals surface area contributed by atoms with E-state index in [1.807, 2.05) is 0 Å². The Labute approximate surface area is 121 Å². The minimum absolute atomic E-state index is 0.670. The molecule has 1 heterocycles. The highest BCUT2D eigenvalue weighted by Crippen LogP contribution is 2.41. The van der Waals surface area contributed by atoms with Gasteiger partial charge >= 0.3 is 0 Å². The highest BCUT2D eigenvalue weighted by atomic mass is 32.1. The number of nitrogens with zero attached hydrogens (tertiary/aromatic N) is 1. The Hall–Kier alpha value is -2.13. The number of aromatic nitrogens is 1. The first kappa shape index (κ1) is 11.7. The van der Waals surface area contributed by atoms with Crippen molar-refractivity contribution in [1.82, 2.24) is 4.98 Å². The summed E-state index contributed by atoms with van der Waals surface area (Å²) in [7, 11) is 0. The first-order chi connectivity index (χ1) is 9.72. The average molecular weight is 278 g/mol. The molecule has 0 spiro atoms. The number of benzene rings is 2. The summed E-state index contributed by atoms with van der Waals surface area (Å²) in [5, 5.41) is 0.670. The summed E-state index contributed by atoms with van der Waals surface area (Å²) in [6, 6.07) is 15.2. The topological polar surface area (TPSA) is 38.9 Å². The fourth-order valence-corrected chi connectivity index (χ4v) is 3.78. The van der Waals surface area contributed by atoms with E-state index in [0.29, 0.717) is 5.13 Å². The number of aryl methyl sites for hydroxylation is 1. The lowest BCUT2D eigenvalue weighted by molar-refractivity contribution is 1.30. The molecule has 0 saturated heterocycles. The van der Waals surface area contributed by atoms with Gasteiger partial charge in [0.15, 0.2) is 5.13 Å². The van der Waals surface area contributed by atoms with Crippen LogP contribution in [0.3, 0.4) is 0 Å². The van der Waals surface area contributed by atoms with E-state index in [4.69, 9.17) is 5.73 Å². The lowest BCUT2D eigenvalue weighted by Crippen LogP contribution is -1.87. The van der Waals surface area contributed by atoms with Crippen molar-refractivity contribution in [2.45, 2.75) is 13.3 Å². The van der Waals surface area contributed by atoms with E-state index in [0.717, 1.165) is 12.1 Å². The van der Waals surface area contributed by atoms with E-state index in [2.05, 4.69) is 54.4 Å². The molecule has 0 amide bonds. The highest BCUT2D eigenvalue weighted by Gasteiger charge is 2.23. The Balaban J connectivity index is 1.84. The van der Waals surface area contributed by atoms with Gasteiger partial charge in [0, 0.05) is 16.9 Å². The number of nitrogens with two attached hydrogens (primary N) is 1. The normalized spacial score (nSPS) is 12.2. The maximum Gasteiger partial charge on any atom is 0.180 e. The van der Waals surface area contributed by atoms with Crippen LogP contribution in [0.15, 0.2) is 42.5 Å². The first-order valence-electron chi connectivity index (χ1n) is 6.67. The maximum atomic E-state index is 5.79. The molecule has 4 rings (SSSR count). The second-order valence-corrected chi connectivity index (χ2v) is 6.30. The van der Waals surface area contributed by atoms with E-state index < -0.39 is 0 Å². The zero-order valence-corrected chi connectivity index (χ0v) is 12.0. The summed E-state index contributed by atoms with van der Waals surface area (Å²) >= 11 is 1.60. The number of hydrogen-bond acceptors (Lipinski definition) is 3. The number of thiazole rings is 1. The van der Waals surface area contributed by atoms with Crippen LogP contribution in [0.4, 0.5) is 5.13 Å². The fraction of sp³-hybridized carbons (Fsp3) is 0.118. The molecule has 3 aromatic rings. The summed E-state index contributed by atoms with van der Waals surface area (Å²) in [6.07, 6.45) is 0.958. The molecule has 0 aliphatic heterocycles. The third-order valence-corrected chi connectivity index (χ3v) is 4.77. The molecule has 0 fully saturated rings. The van der Waals surface area contributed by atoms with Crippen molar-refractivity contribution in [3.05, 3.63) is 58.5 Å². The Kier molecular flexibility index (Phi) is 2.44. The molecule has 2 aromatic carbocycles. The van der Waals surface area contributed by atoms with Crippen LogP contribution in [0, 0.1) is 6.92 Å². The summed E-state index contributed by atoms with van der Waals surface area (Å²) in [5.74, 6) is 0. The Bertz CT molecular complexity index is 818. The Morgan fingerprint density at radius 1 is 1.10 bits per heavy atom. The van der Waals surface area contributed by atoms with E-state index in [9.17, 15) is 0 Å². The van der Waals surface area contributed by atoms with Crippen LogP contribution in [0.5, 0.6) is 0 Å². The standard InChI is InChI=1S/C17H14N2S/c1-10-4-2-3-5-13(10)11-6-7-14-12(8-11)9-15-16(14)19-17(18)20-15/h2-8H,9H2,1H3,(H2,18,19). The summed E-state index contributed by atoms with van der Waals surface area (Å²) in [6.45, 7) is 2.15. The molecule has 98 valence electrons. The molecule has 1 aliphatic rings. The van der Waals surface area contributed by atoms with Gasteiger partial charge in [0.25, 0.3) is 0 Å². The average Bonchev–Trinajstić information content (AvgIpc) is 2.94. The highest BCUT2D eigenvalue weighted by molar-refractivity contribution is 7.15. The maximum absolute atomic E-state index is 5.79. The molecule has 20 heavy (non-hydrogen) atoms. The lowest BCUT2D eigenvalue weighted by atomic mass is 9.97. The predicted octanol–water partition coefficient (Wildman–Crippen LogP) is 4.27. The monoisotopic (exact) mass is 278 g/mol. The van der Waals surface area contributed by atoms with Gasteiger partial charge in [-0.05, 0) is 29.2 Å². The minimum Gasteiger partial charge on any atom is -0.375 e. The van der Waals surface area contributed by atoms with E-state index in [1.165, 1.54) is 32.7 Å². The molecule has 1 aliphatic carbocycles. The Morgan fingerprint density at radius 3 is 2.80 bits per heavy atom. The van der Waals surface area contributed by atoms with Crippen LogP contribution in [-0.4, -0.2) is 4.98 Å². The fourth-order valence-electron chi connectivity index (χ4n) is 2.91. The molecule has 0 bridgehead atoms. The van der Waals surface area contributed by atoms with Crippen LogP contribution in [-0.2, 0) is 6.42 Å². The SMILES string of the molecule is Cc1ccccc1-c1ccc2c(c1)Cc1sc(N)nc1-2. The van der Waals surface area contributed by atoms with Crippen molar-refractivity contribution in [3.8, 4) is 22.4 Å². The number of nitrogen functional groups attached to an aromatic ring is 1. The second kappa shape index (κ2) is 4.18.